The van der Waals surface area contributed by atoms with Gasteiger partial charge in [-0.15, -0.1) is 0 Å². The van der Waals surface area contributed by atoms with E-state index in [1.54, 1.807) is 13.2 Å². The van der Waals surface area contributed by atoms with Crippen molar-refractivity contribution in [2.75, 3.05) is 52.8 Å². The number of rotatable bonds is 13. The predicted molar refractivity (Wildman–Crippen MR) is 155 cm³/mol. The van der Waals surface area contributed by atoms with E-state index >= 15 is 4.39 Å². The molecule has 0 spiro atoms. The van der Waals surface area contributed by atoms with Crippen molar-refractivity contribution >= 4 is 11.8 Å². The first-order valence-corrected chi connectivity index (χ1v) is 14.5. The lowest BCUT2D eigenvalue weighted by molar-refractivity contribution is -0.143. The number of aryl methyl sites for hydroxylation is 2. The number of aromatic nitrogens is 1. The first kappa shape index (κ1) is 30.2. The molecule has 3 heterocycles. The second kappa shape index (κ2) is 13.3. The van der Waals surface area contributed by atoms with E-state index < -0.39 is 23.4 Å². The summed E-state index contributed by atoms with van der Waals surface area (Å²) in [6.45, 7) is 6.83. The molecule has 9 heteroatoms. The number of hydrogen-bond donors (Lipinski definition) is 2. The number of anilines is 1. The lowest BCUT2D eigenvalue weighted by atomic mass is 9.92. The van der Waals surface area contributed by atoms with Crippen molar-refractivity contribution in [1.82, 2.24) is 14.8 Å². The fraction of sp³-hybridized carbons (Fsp3) is 0.613. The van der Waals surface area contributed by atoms with Crippen LogP contribution in [0.15, 0.2) is 24.3 Å². The van der Waals surface area contributed by atoms with Gasteiger partial charge in [-0.2, -0.15) is 0 Å². The number of aliphatic carboxylic acids is 1. The number of nitrogens with one attached hydrogen (secondary N) is 1. The summed E-state index contributed by atoms with van der Waals surface area (Å²) in [6.07, 6.45) is 7.40. The number of halogens is 1. The van der Waals surface area contributed by atoms with Crippen LogP contribution in [0.2, 0.25) is 0 Å². The number of hydrogen-bond acceptors (Lipinski definition) is 7. The number of carboxylic acids is 1. The van der Waals surface area contributed by atoms with Gasteiger partial charge in [-0.25, -0.2) is 9.37 Å². The average molecular weight is 557 g/mol. The van der Waals surface area contributed by atoms with Gasteiger partial charge in [-0.3, -0.25) is 9.69 Å². The van der Waals surface area contributed by atoms with Gasteiger partial charge in [-0.1, -0.05) is 12.5 Å². The minimum Gasteiger partial charge on any atom is -0.493 e. The van der Waals surface area contributed by atoms with Gasteiger partial charge in [0.25, 0.3) is 0 Å². The lowest BCUT2D eigenvalue weighted by Crippen LogP contribution is -2.38. The SMILES string of the molecule is COc1c(F)cc(C(C)(C)OC)cc1[C@H](C(=O)O)N1CC[C@@H](N(C)CCCCCc2ccc3c(n2)NCCC3)C1. The fourth-order valence-electron chi connectivity index (χ4n) is 5.88. The zero-order valence-electron chi connectivity index (χ0n) is 24.6. The predicted octanol–water partition coefficient (Wildman–Crippen LogP) is 5.01. The quantitative estimate of drug-likeness (QED) is 0.333. The summed E-state index contributed by atoms with van der Waals surface area (Å²) in [7, 11) is 5.05. The Kier molecular flexibility index (Phi) is 10.0. The van der Waals surface area contributed by atoms with E-state index in [1.807, 2.05) is 18.7 Å². The van der Waals surface area contributed by atoms with Crippen molar-refractivity contribution in [2.24, 2.45) is 0 Å². The molecule has 4 rings (SSSR count). The minimum atomic E-state index is -1.01. The van der Waals surface area contributed by atoms with Gasteiger partial charge in [0.2, 0.25) is 0 Å². The van der Waals surface area contributed by atoms with Crippen molar-refractivity contribution in [1.29, 1.82) is 0 Å². The Morgan fingerprint density at radius 1 is 1.27 bits per heavy atom. The van der Waals surface area contributed by atoms with Gasteiger partial charge >= 0.3 is 5.97 Å². The van der Waals surface area contributed by atoms with Gasteiger partial charge < -0.3 is 24.8 Å². The second-order valence-electron chi connectivity index (χ2n) is 11.6. The van der Waals surface area contributed by atoms with E-state index in [1.165, 1.54) is 25.2 Å². The van der Waals surface area contributed by atoms with Crippen LogP contribution >= 0.6 is 0 Å². The molecule has 1 aromatic heterocycles. The molecule has 2 aliphatic heterocycles. The van der Waals surface area contributed by atoms with Crippen molar-refractivity contribution < 1.29 is 23.8 Å². The number of carboxylic acid groups (broad SMARTS) is 1. The second-order valence-corrected chi connectivity index (χ2v) is 11.6. The number of likely N-dealkylation sites (N-methyl/N-ethyl adjacent to an activating group) is 1. The Balaban J connectivity index is 1.33. The first-order valence-electron chi connectivity index (χ1n) is 14.5. The summed E-state index contributed by atoms with van der Waals surface area (Å²) in [4.78, 5) is 21.6. The Hall–Kier alpha value is -2.75. The highest BCUT2D eigenvalue weighted by Gasteiger charge is 2.38. The molecule has 1 saturated heterocycles. The van der Waals surface area contributed by atoms with Gasteiger partial charge in [0.1, 0.15) is 11.9 Å². The highest BCUT2D eigenvalue weighted by Crippen LogP contribution is 2.38. The van der Waals surface area contributed by atoms with Crippen molar-refractivity contribution in [2.45, 2.75) is 76.5 Å². The molecule has 0 aliphatic carbocycles. The number of carbonyl (C=O) groups is 1. The zero-order valence-corrected chi connectivity index (χ0v) is 24.6. The molecule has 2 atom stereocenters. The molecule has 1 fully saturated rings. The van der Waals surface area contributed by atoms with Crippen LogP contribution in [0.25, 0.3) is 0 Å². The number of benzene rings is 1. The third-order valence-corrected chi connectivity index (χ3v) is 8.59. The molecule has 0 amide bonds. The molecule has 0 unspecified atom stereocenters. The Bertz CT molecular complexity index is 1170. The van der Waals surface area contributed by atoms with Crippen LogP contribution in [0.3, 0.4) is 0 Å². The molecule has 8 nitrogen and oxygen atoms in total. The summed E-state index contributed by atoms with van der Waals surface area (Å²) < 4.78 is 26.0. The third kappa shape index (κ3) is 6.93. The largest absolute Gasteiger partial charge is 0.493 e. The molecule has 0 bridgehead atoms. The highest BCUT2D eigenvalue weighted by molar-refractivity contribution is 5.77. The molecule has 2 aromatic rings. The van der Waals surface area contributed by atoms with Crippen LogP contribution < -0.4 is 10.1 Å². The van der Waals surface area contributed by atoms with Crippen molar-refractivity contribution in [3.05, 3.63) is 52.5 Å². The summed E-state index contributed by atoms with van der Waals surface area (Å²) in [6, 6.07) is 6.70. The maximum absolute atomic E-state index is 15.1. The van der Waals surface area contributed by atoms with Gasteiger partial charge in [0.05, 0.1) is 12.7 Å². The Morgan fingerprint density at radius 3 is 2.80 bits per heavy atom. The first-order chi connectivity index (χ1) is 19.1. The summed E-state index contributed by atoms with van der Waals surface area (Å²) in [5.74, 6) is -0.562. The van der Waals surface area contributed by atoms with Crippen LogP contribution in [0.4, 0.5) is 10.2 Å². The lowest BCUT2D eigenvalue weighted by Gasteiger charge is -2.30. The van der Waals surface area contributed by atoms with Crippen molar-refractivity contribution in [3.8, 4) is 5.75 Å². The number of likely N-dealkylation sites (tertiary alicyclic amines) is 1. The van der Waals surface area contributed by atoms with E-state index in [4.69, 9.17) is 14.5 Å². The molecular weight excluding hydrogens is 511 g/mol. The van der Waals surface area contributed by atoms with Crippen LogP contribution in [0.1, 0.15) is 74.4 Å². The van der Waals surface area contributed by atoms with E-state index in [9.17, 15) is 9.90 Å². The number of unbranched alkanes of at least 4 members (excludes halogenated alkanes) is 2. The fourth-order valence-corrected chi connectivity index (χ4v) is 5.88. The van der Waals surface area contributed by atoms with Crippen LogP contribution in [-0.4, -0.2) is 79.3 Å². The molecule has 2 aliphatic rings. The maximum Gasteiger partial charge on any atom is 0.325 e. The van der Waals surface area contributed by atoms with E-state index in [-0.39, 0.29) is 11.8 Å². The molecule has 220 valence electrons. The van der Waals surface area contributed by atoms with Gasteiger partial charge in [-0.05, 0) is 95.3 Å². The summed E-state index contributed by atoms with van der Waals surface area (Å²) in [5.41, 5.74) is 2.60. The molecule has 2 N–H and O–H groups in total. The molecule has 40 heavy (non-hydrogen) atoms. The van der Waals surface area contributed by atoms with Crippen LogP contribution in [0, 0.1) is 5.82 Å². The summed E-state index contributed by atoms with van der Waals surface area (Å²) >= 11 is 0. The Labute approximate surface area is 237 Å². The highest BCUT2D eigenvalue weighted by atomic mass is 19.1. The maximum atomic E-state index is 15.1. The Morgan fingerprint density at radius 2 is 2.08 bits per heavy atom. The standard InChI is InChI=1S/C31H45FN4O4/c1-31(2,40-5)22-18-25(28(39-4)26(32)19-22)27(30(37)38)36-17-14-24(20-36)35(3)16-8-6-7-11-23-13-12-21-10-9-15-33-29(21)34-23/h12-13,18-19,24,27H,6-11,14-17,20H2,1-5H3,(H,33,34)(H,37,38)/t24-,27-/m1/s1. The zero-order chi connectivity index (χ0) is 28.9. The van der Waals surface area contributed by atoms with E-state index in [0.717, 1.165) is 63.1 Å². The van der Waals surface area contributed by atoms with Crippen molar-refractivity contribution in [3.63, 3.8) is 0 Å². The monoisotopic (exact) mass is 556 g/mol. The smallest absolute Gasteiger partial charge is 0.325 e. The van der Waals surface area contributed by atoms with Crippen LogP contribution in [-0.2, 0) is 28.0 Å². The third-order valence-electron chi connectivity index (χ3n) is 8.59. The average Bonchev–Trinajstić information content (AvgIpc) is 3.42. The van der Waals surface area contributed by atoms with Gasteiger partial charge in [0, 0.05) is 44.0 Å². The number of fused-ring (bicyclic) bond motifs is 1. The molecule has 0 saturated carbocycles. The van der Waals surface area contributed by atoms with E-state index in [0.29, 0.717) is 24.2 Å². The van der Waals surface area contributed by atoms with E-state index in [2.05, 4.69) is 29.4 Å². The molecule has 1 aromatic carbocycles. The van der Waals surface area contributed by atoms with Gasteiger partial charge in [0.15, 0.2) is 11.6 Å². The number of methoxy groups -OCH3 is 2. The normalized spacial score (nSPS) is 18.4. The number of pyridine rings is 1. The number of ether oxygens (including phenoxy) is 2. The minimum absolute atomic E-state index is 0.0240. The van der Waals surface area contributed by atoms with Crippen LogP contribution in [0.5, 0.6) is 5.75 Å². The number of nitrogens with zero attached hydrogens (tertiary/aromatic N) is 3. The topological polar surface area (TPSA) is 87.2 Å². The summed E-state index contributed by atoms with van der Waals surface area (Å²) in [5, 5.41) is 13.7. The molecule has 0 radical (unpaired) electrons. The molecular formula is C31H45FN4O4.